The molecular weight excluding hydrogens is 603 g/mol. The largest absolute Gasteiger partial charge is 0.459 e. The molecule has 5 unspecified atom stereocenters. The summed E-state index contributed by atoms with van der Waals surface area (Å²) >= 11 is 0. The van der Waals surface area contributed by atoms with Crippen molar-refractivity contribution in [2.24, 2.45) is 29.6 Å². The smallest absolute Gasteiger partial charge is 0.306 e. The number of Topliss-reactive ketones (excluding diaryl/α,β-unsaturated/α-hetero) is 1. The molecule has 0 aromatic heterocycles. The van der Waals surface area contributed by atoms with E-state index >= 15 is 4.39 Å². The molecule has 0 heterocycles. The van der Waals surface area contributed by atoms with Gasteiger partial charge in [-0.2, -0.15) is 0 Å². The Morgan fingerprint density at radius 2 is 1.47 bits per heavy atom. The predicted molar refractivity (Wildman–Crippen MR) is 175 cm³/mol. The van der Waals surface area contributed by atoms with Crippen LogP contribution in [0.3, 0.4) is 0 Å². The SMILES string of the molecule is CCCCCC(=O)OCC(=O)[C@]1(OC(=O)CCCCC)C2CC(OC(=O)CCCCC)[C@]3(F)C4C=CC(=O)C=C4CCC3C2C[C@H]1C. The molecule has 4 aliphatic rings. The number of carbonyl (C=O) groups excluding carboxylic acids is 5. The average Bonchev–Trinajstić information content (AvgIpc) is 3.31. The summed E-state index contributed by atoms with van der Waals surface area (Å²) in [4.78, 5) is 65.7. The fourth-order valence-corrected chi connectivity index (χ4v) is 8.89. The van der Waals surface area contributed by atoms with E-state index in [9.17, 15) is 24.0 Å². The lowest BCUT2D eigenvalue weighted by atomic mass is 9.53. The maximum atomic E-state index is 18.0. The summed E-state index contributed by atoms with van der Waals surface area (Å²) in [6.45, 7) is 7.42. The van der Waals surface area contributed by atoms with Crippen molar-refractivity contribution in [3.63, 3.8) is 0 Å². The number of rotatable bonds is 17. The van der Waals surface area contributed by atoms with E-state index in [0.29, 0.717) is 44.1 Å². The minimum absolute atomic E-state index is 0.00842. The van der Waals surface area contributed by atoms with Crippen molar-refractivity contribution in [2.45, 2.75) is 148 Å². The first kappa shape index (κ1) is 37.0. The van der Waals surface area contributed by atoms with Crippen LogP contribution in [0.15, 0.2) is 23.8 Å². The molecule has 0 aliphatic heterocycles. The molecule has 0 aromatic rings. The molecule has 4 aliphatic carbocycles. The second-order valence-electron chi connectivity index (χ2n) is 14.3. The summed E-state index contributed by atoms with van der Waals surface area (Å²) in [6.07, 6.45) is 12.4. The van der Waals surface area contributed by atoms with Gasteiger partial charge >= 0.3 is 17.9 Å². The Morgan fingerprint density at radius 1 is 0.851 bits per heavy atom. The van der Waals surface area contributed by atoms with Crippen LogP contribution in [0.2, 0.25) is 0 Å². The van der Waals surface area contributed by atoms with E-state index in [2.05, 4.69) is 0 Å². The lowest BCUT2D eigenvalue weighted by Crippen LogP contribution is -2.64. The predicted octanol–water partition coefficient (Wildman–Crippen LogP) is 7.51. The lowest BCUT2D eigenvalue weighted by Gasteiger charge is -2.56. The first-order valence-electron chi connectivity index (χ1n) is 18.2. The number of alkyl halides is 1. The molecule has 0 amide bonds. The van der Waals surface area contributed by atoms with E-state index in [-0.39, 0.29) is 37.4 Å². The van der Waals surface area contributed by atoms with Gasteiger partial charge in [-0.3, -0.25) is 24.0 Å². The summed E-state index contributed by atoms with van der Waals surface area (Å²) in [5, 5.41) is 0. The Hall–Kier alpha value is -2.84. The van der Waals surface area contributed by atoms with Crippen LogP contribution in [-0.4, -0.2) is 53.5 Å². The van der Waals surface area contributed by atoms with Gasteiger partial charge in [0.2, 0.25) is 5.78 Å². The van der Waals surface area contributed by atoms with Gasteiger partial charge in [0, 0.05) is 42.9 Å². The van der Waals surface area contributed by atoms with Crippen molar-refractivity contribution < 1.29 is 42.6 Å². The summed E-state index contributed by atoms with van der Waals surface area (Å²) in [5.74, 6) is -4.91. The van der Waals surface area contributed by atoms with E-state index in [1.807, 2.05) is 27.7 Å². The normalized spacial score (nSPS) is 32.4. The van der Waals surface area contributed by atoms with Crippen molar-refractivity contribution >= 4 is 29.5 Å². The van der Waals surface area contributed by atoms with Gasteiger partial charge in [0.25, 0.3) is 0 Å². The first-order chi connectivity index (χ1) is 22.5. The molecular formula is C38H55FO8. The molecule has 0 saturated heterocycles. The van der Waals surface area contributed by atoms with Crippen LogP contribution in [-0.2, 0) is 38.2 Å². The summed E-state index contributed by atoms with van der Waals surface area (Å²) in [6, 6.07) is 0. The minimum Gasteiger partial charge on any atom is -0.459 e. The zero-order valence-electron chi connectivity index (χ0n) is 28.9. The van der Waals surface area contributed by atoms with E-state index in [1.54, 1.807) is 6.08 Å². The number of ether oxygens (including phenoxy) is 3. The van der Waals surface area contributed by atoms with E-state index in [0.717, 1.165) is 38.5 Å². The van der Waals surface area contributed by atoms with Crippen molar-refractivity contribution in [1.29, 1.82) is 0 Å². The van der Waals surface area contributed by atoms with Crippen molar-refractivity contribution in [3.8, 4) is 0 Å². The number of fused-ring (bicyclic) bond motifs is 5. The maximum absolute atomic E-state index is 18.0. The number of allylic oxidation sites excluding steroid dienone is 4. The number of hydrogen-bond donors (Lipinski definition) is 0. The molecule has 262 valence electrons. The molecule has 3 saturated carbocycles. The number of hydrogen-bond acceptors (Lipinski definition) is 8. The Labute approximate surface area is 279 Å². The second-order valence-corrected chi connectivity index (χ2v) is 14.3. The van der Waals surface area contributed by atoms with Gasteiger partial charge in [-0.05, 0) is 63.0 Å². The summed E-state index contributed by atoms with van der Waals surface area (Å²) in [7, 11) is 0. The van der Waals surface area contributed by atoms with Gasteiger partial charge in [0.1, 0.15) is 6.10 Å². The third kappa shape index (κ3) is 7.91. The number of halogens is 1. The number of unbranched alkanes of at least 4 members (excludes halogenated alkanes) is 6. The molecule has 9 heteroatoms. The Kier molecular flexibility index (Phi) is 13.0. The average molecular weight is 659 g/mol. The monoisotopic (exact) mass is 658 g/mol. The molecule has 0 radical (unpaired) electrons. The van der Waals surface area contributed by atoms with E-state index < -0.39 is 71.3 Å². The number of carbonyl (C=O) groups is 5. The summed E-state index contributed by atoms with van der Waals surface area (Å²) < 4.78 is 35.8. The zero-order valence-corrected chi connectivity index (χ0v) is 28.9. The van der Waals surface area contributed by atoms with Crippen LogP contribution in [0.5, 0.6) is 0 Å². The van der Waals surface area contributed by atoms with Gasteiger partial charge < -0.3 is 14.2 Å². The molecule has 47 heavy (non-hydrogen) atoms. The topological polar surface area (TPSA) is 113 Å². The van der Waals surface area contributed by atoms with Crippen molar-refractivity contribution in [3.05, 3.63) is 23.8 Å². The van der Waals surface area contributed by atoms with Gasteiger partial charge in [-0.15, -0.1) is 0 Å². The second kappa shape index (κ2) is 16.5. The highest BCUT2D eigenvalue weighted by Crippen LogP contribution is 2.64. The fourth-order valence-electron chi connectivity index (χ4n) is 8.89. The quantitative estimate of drug-likeness (QED) is 0.0897. The van der Waals surface area contributed by atoms with E-state index in [4.69, 9.17) is 14.2 Å². The van der Waals surface area contributed by atoms with Crippen molar-refractivity contribution in [2.75, 3.05) is 6.61 Å². The molecule has 8 nitrogen and oxygen atoms in total. The Bertz CT molecular complexity index is 1220. The molecule has 8 atom stereocenters. The van der Waals surface area contributed by atoms with Crippen molar-refractivity contribution in [1.82, 2.24) is 0 Å². The fraction of sp³-hybridized carbons (Fsp3) is 0.763. The van der Waals surface area contributed by atoms with E-state index in [1.165, 1.54) is 12.2 Å². The third-order valence-corrected chi connectivity index (χ3v) is 11.2. The number of esters is 3. The highest BCUT2D eigenvalue weighted by Gasteiger charge is 2.71. The molecule has 0 aromatic carbocycles. The third-order valence-electron chi connectivity index (χ3n) is 11.2. The van der Waals surface area contributed by atoms with Crippen LogP contribution >= 0.6 is 0 Å². The highest BCUT2D eigenvalue weighted by molar-refractivity contribution is 6.01. The minimum atomic E-state index is -1.99. The van der Waals surface area contributed by atoms with Gasteiger partial charge in [-0.25, -0.2) is 4.39 Å². The van der Waals surface area contributed by atoms with Crippen LogP contribution in [0.1, 0.15) is 130 Å². The summed E-state index contributed by atoms with van der Waals surface area (Å²) in [5.41, 5.74) is -2.92. The van der Waals surface area contributed by atoms with Crippen LogP contribution in [0.25, 0.3) is 0 Å². The standard InChI is InChI=1S/C38H55FO8/c1-5-8-11-14-34(42)45-24-32(41)38(47-36(44)16-13-10-7-3)25(4)21-28-30-19-17-26-22-27(40)18-20-29(26)37(30,39)33(23-31(28)38)46-35(43)15-12-9-6-2/h18,20,22,25,28-31,33H,5-17,19,21,23-24H2,1-4H3/t25-,28?,29?,30?,31?,33?,37+,38-/m1/s1. The molecule has 0 N–H and O–H groups in total. The molecule has 4 rings (SSSR count). The Morgan fingerprint density at radius 3 is 2.11 bits per heavy atom. The molecule has 3 fully saturated rings. The molecule has 0 bridgehead atoms. The van der Waals surface area contributed by atoms with Gasteiger partial charge in [0.15, 0.2) is 23.7 Å². The number of ketones is 2. The van der Waals surface area contributed by atoms with Gasteiger partial charge in [0.05, 0.1) is 0 Å². The van der Waals surface area contributed by atoms with Crippen LogP contribution < -0.4 is 0 Å². The maximum Gasteiger partial charge on any atom is 0.306 e. The van der Waals surface area contributed by atoms with Crippen LogP contribution in [0.4, 0.5) is 4.39 Å². The van der Waals surface area contributed by atoms with Gasteiger partial charge in [-0.1, -0.05) is 77.9 Å². The highest BCUT2D eigenvalue weighted by atomic mass is 19.1. The first-order valence-corrected chi connectivity index (χ1v) is 18.2. The Balaban J connectivity index is 1.70. The molecule has 0 spiro atoms. The zero-order chi connectivity index (χ0) is 34.2. The van der Waals surface area contributed by atoms with Crippen LogP contribution in [0, 0.1) is 29.6 Å². The lowest BCUT2D eigenvalue weighted by molar-refractivity contribution is -0.205.